The van der Waals surface area contributed by atoms with Crippen LogP contribution in [0.2, 0.25) is 0 Å². The number of likely N-dealkylation sites (tertiary alicyclic amines) is 1. The lowest BCUT2D eigenvalue weighted by atomic mass is 10.1. The van der Waals surface area contributed by atoms with Gasteiger partial charge in [-0.1, -0.05) is 0 Å². The predicted molar refractivity (Wildman–Crippen MR) is 103 cm³/mol. The molecule has 0 radical (unpaired) electrons. The van der Waals surface area contributed by atoms with Crippen molar-refractivity contribution in [3.05, 3.63) is 0 Å². The maximum atomic E-state index is 12.4. The molecule has 1 atom stereocenters. The van der Waals surface area contributed by atoms with E-state index in [1.54, 1.807) is 0 Å². The standard InChI is InChI=1S/C15H30F3N5.HI/c1-6-19-13(20-10-14(2,3)22(4)5)21-12-7-8-23(9-12)11-15(16,17)18;/h12H,6-11H2,1-5H3,(H2,19,20,21);1H. The van der Waals surface area contributed by atoms with Gasteiger partial charge in [-0.15, -0.1) is 24.0 Å². The van der Waals surface area contributed by atoms with E-state index in [1.807, 2.05) is 21.0 Å². The predicted octanol–water partition coefficient (Wildman–Crippen LogP) is 2.14. The molecule has 0 aromatic carbocycles. The number of likely N-dealkylation sites (N-methyl/N-ethyl adjacent to an activating group) is 1. The summed E-state index contributed by atoms with van der Waals surface area (Å²) in [5, 5.41) is 6.42. The Morgan fingerprint density at radius 2 is 1.92 bits per heavy atom. The minimum atomic E-state index is -4.14. The van der Waals surface area contributed by atoms with Crippen molar-refractivity contribution in [3.63, 3.8) is 0 Å². The van der Waals surface area contributed by atoms with E-state index >= 15 is 0 Å². The summed E-state index contributed by atoms with van der Waals surface area (Å²) in [6.07, 6.45) is -3.44. The largest absolute Gasteiger partial charge is 0.401 e. The second-order valence-corrected chi connectivity index (χ2v) is 6.88. The van der Waals surface area contributed by atoms with Crippen LogP contribution in [0.4, 0.5) is 13.2 Å². The van der Waals surface area contributed by atoms with E-state index in [9.17, 15) is 13.2 Å². The van der Waals surface area contributed by atoms with Crippen LogP contribution in [0.15, 0.2) is 4.99 Å². The van der Waals surface area contributed by atoms with Gasteiger partial charge in [-0.05, 0) is 41.3 Å². The smallest absolute Gasteiger partial charge is 0.357 e. The van der Waals surface area contributed by atoms with E-state index in [0.29, 0.717) is 38.6 Å². The Balaban J connectivity index is 0.00000529. The van der Waals surface area contributed by atoms with Crippen LogP contribution in [0, 0.1) is 0 Å². The molecule has 0 bridgehead atoms. The molecule has 2 N–H and O–H groups in total. The van der Waals surface area contributed by atoms with Gasteiger partial charge in [-0.25, -0.2) is 0 Å². The lowest BCUT2D eigenvalue weighted by molar-refractivity contribution is -0.143. The lowest BCUT2D eigenvalue weighted by Crippen LogP contribution is -2.47. The van der Waals surface area contributed by atoms with Crippen molar-refractivity contribution >= 4 is 29.9 Å². The zero-order chi connectivity index (χ0) is 17.7. The molecule has 1 saturated heterocycles. The number of nitrogens with zero attached hydrogens (tertiary/aromatic N) is 3. The molecule has 0 spiro atoms. The molecule has 144 valence electrons. The summed E-state index contributed by atoms with van der Waals surface area (Å²) in [5.41, 5.74) is -0.0830. The topological polar surface area (TPSA) is 42.9 Å². The molecule has 1 rings (SSSR count). The molecule has 0 amide bonds. The summed E-state index contributed by atoms with van der Waals surface area (Å²) < 4.78 is 37.3. The number of hydrogen-bond donors (Lipinski definition) is 2. The summed E-state index contributed by atoms with van der Waals surface area (Å²) in [7, 11) is 4.00. The molecule has 1 aliphatic rings. The first-order valence-corrected chi connectivity index (χ1v) is 8.05. The van der Waals surface area contributed by atoms with E-state index in [1.165, 1.54) is 4.90 Å². The molecule has 1 aliphatic heterocycles. The van der Waals surface area contributed by atoms with Crippen molar-refractivity contribution < 1.29 is 13.2 Å². The van der Waals surface area contributed by atoms with Gasteiger partial charge in [0.2, 0.25) is 0 Å². The van der Waals surface area contributed by atoms with E-state index in [2.05, 4.69) is 34.4 Å². The molecule has 1 heterocycles. The summed E-state index contributed by atoms with van der Waals surface area (Å²) in [5.74, 6) is 0.668. The molecule has 9 heteroatoms. The molecule has 0 aromatic rings. The Kier molecular flexibility index (Phi) is 9.88. The molecule has 0 saturated carbocycles. The minimum Gasteiger partial charge on any atom is -0.357 e. The highest BCUT2D eigenvalue weighted by atomic mass is 127. The second kappa shape index (κ2) is 10.0. The molecule has 5 nitrogen and oxygen atoms in total. The van der Waals surface area contributed by atoms with Crippen LogP contribution in [0.3, 0.4) is 0 Å². The minimum absolute atomic E-state index is 0. The normalized spacial score (nSPS) is 20.2. The average molecular weight is 465 g/mol. The molecule has 1 fully saturated rings. The second-order valence-electron chi connectivity index (χ2n) is 6.88. The average Bonchev–Trinajstić information content (AvgIpc) is 2.81. The van der Waals surface area contributed by atoms with Gasteiger partial charge in [0.05, 0.1) is 13.1 Å². The molecular weight excluding hydrogens is 434 g/mol. The number of aliphatic imine (C=N–C) groups is 1. The van der Waals surface area contributed by atoms with Gasteiger partial charge >= 0.3 is 6.18 Å². The quantitative estimate of drug-likeness (QED) is 0.359. The number of halogens is 4. The Morgan fingerprint density at radius 3 is 2.42 bits per heavy atom. The van der Waals surface area contributed by atoms with Gasteiger partial charge in [0.1, 0.15) is 0 Å². The highest BCUT2D eigenvalue weighted by molar-refractivity contribution is 14.0. The molecule has 1 unspecified atom stereocenters. The Morgan fingerprint density at radius 1 is 1.29 bits per heavy atom. The fraction of sp³-hybridized carbons (Fsp3) is 0.933. The van der Waals surface area contributed by atoms with Crippen LogP contribution in [-0.4, -0.2) is 80.3 Å². The summed E-state index contributed by atoms with van der Waals surface area (Å²) in [4.78, 5) is 8.11. The summed E-state index contributed by atoms with van der Waals surface area (Å²) in [6.45, 7) is 7.50. The van der Waals surface area contributed by atoms with Crippen LogP contribution >= 0.6 is 24.0 Å². The number of alkyl halides is 3. The van der Waals surface area contributed by atoms with E-state index < -0.39 is 12.7 Å². The van der Waals surface area contributed by atoms with Gasteiger partial charge in [-0.2, -0.15) is 13.2 Å². The highest BCUT2D eigenvalue weighted by Crippen LogP contribution is 2.20. The van der Waals surface area contributed by atoms with Crippen LogP contribution in [0.5, 0.6) is 0 Å². The first-order valence-electron chi connectivity index (χ1n) is 8.05. The summed E-state index contributed by atoms with van der Waals surface area (Å²) in [6, 6.07) is -0.00221. The Labute approximate surface area is 160 Å². The number of nitrogens with one attached hydrogen (secondary N) is 2. The van der Waals surface area contributed by atoms with Crippen LogP contribution in [-0.2, 0) is 0 Å². The highest BCUT2D eigenvalue weighted by Gasteiger charge is 2.34. The fourth-order valence-corrected chi connectivity index (χ4v) is 2.27. The van der Waals surface area contributed by atoms with Gasteiger partial charge < -0.3 is 15.5 Å². The first kappa shape index (κ1) is 23.7. The summed E-state index contributed by atoms with van der Waals surface area (Å²) >= 11 is 0. The zero-order valence-corrected chi connectivity index (χ0v) is 17.5. The van der Waals surface area contributed by atoms with Gasteiger partial charge in [0.15, 0.2) is 5.96 Å². The number of rotatable bonds is 6. The van der Waals surface area contributed by atoms with Crippen LogP contribution in [0.25, 0.3) is 0 Å². The fourth-order valence-electron chi connectivity index (χ4n) is 2.27. The molecule has 24 heavy (non-hydrogen) atoms. The molecule has 0 aromatic heterocycles. The van der Waals surface area contributed by atoms with Gasteiger partial charge in [-0.3, -0.25) is 9.89 Å². The molecule has 0 aliphatic carbocycles. The maximum Gasteiger partial charge on any atom is 0.401 e. The molecular formula is C15H31F3IN5. The SMILES string of the molecule is CCNC(=NCC(C)(C)N(C)C)NC1CCN(CC(F)(F)F)C1.I. The lowest BCUT2D eigenvalue weighted by Gasteiger charge is -2.31. The Bertz CT molecular complexity index is 399. The van der Waals surface area contributed by atoms with Crippen LogP contribution < -0.4 is 10.6 Å². The van der Waals surface area contributed by atoms with E-state index in [4.69, 9.17) is 0 Å². The third kappa shape index (κ3) is 8.70. The van der Waals surface area contributed by atoms with Crippen LogP contribution in [0.1, 0.15) is 27.2 Å². The van der Waals surface area contributed by atoms with E-state index in [0.717, 1.165) is 0 Å². The third-order valence-electron chi connectivity index (χ3n) is 4.20. The Hall–Kier alpha value is -0.290. The van der Waals surface area contributed by atoms with Crippen molar-refractivity contribution in [1.82, 2.24) is 20.4 Å². The van der Waals surface area contributed by atoms with Gasteiger partial charge in [0.25, 0.3) is 0 Å². The maximum absolute atomic E-state index is 12.4. The first-order chi connectivity index (χ1) is 10.5. The van der Waals surface area contributed by atoms with Crippen molar-refractivity contribution in [2.24, 2.45) is 4.99 Å². The van der Waals surface area contributed by atoms with Crippen molar-refractivity contribution in [2.45, 2.75) is 44.9 Å². The van der Waals surface area contributed by atoms with Gasteiger partial charge in [0, 0.05) is 31.2 Å². The monoisotopic (exact) mass is 465 g/mol. The third-order valence-corrected chi connectivity index (χ3v) is 4.20. The van der Waals surface area contributed by atoms with Crippen molar-refractivity contribution in [3.8, 4) is 0 Å². The zero-order valence-electron chi connectivity index (χ0n) is 15.2. The van der Waals surface area contributed by atoms with Crippen molar-refractivity contribution in [2.75, 3.05) is 46.8 Å². The number of guanidine groups is 1. The van der Waals surface area contributed by atoms with E-state index in [-0.39, 0.29) is 35.6 Å². The van der Waals surface area contributed by atoms with Crippen molar-refractivity contribution in [1.29, 1.82) is 0 Å². The number of hydrogen-bond acceptors (Lipinski definition) is 3.